The first-order valence-corrected chi connectivity index (χ1v) is 11.0. The second kappa shape index (κ2) is 6.82. The highest BCUT2D eigenvalue weighted by atomic mass is 35.5. The maximum atomic E-state index is 12.2. The summed E-state index contributed by atoms with van der Waals surface area (Å²) in [5.41, 5.74) is 0.789. The van der Waals surface area contributed by atoms with Crippen LogP contribution in [0.15, 0.2) is 33.9 Å². The maximum absolute atomic E-state index is 12.2. The lowest BCUT2D eigenvalue weighted by molar-refractivity contribution is -0.113. The van der Waals surface area contributed by atoms with Crippen molar-refractivity contribution in [3.63, 3.8) is 0 Å². The fourth-order valence-corrected chi connectivity index (χ4v) is 6.50. The number of nitrogens with one attached hydrogen (secondary N) is 1. The Labute approximate surface area is 167 Å². The topological polar surface area (TPSA) is 68.0 Å². The Balaban J connectivity index is 1.22. The summed E-state index contributed by atoms with van der Waals surface area (Å²) in [6.45, 7) is 0. The molecule has 0 saturated heterocycles. The Kier molecular flexibility index (Phi) is 4.43. The zero-order chi connectivity index (χ0) is 18.4. The Bertz CT molecular complexity index is 833. The largest absolute Gasteiger partial charge is 0.415 e. The summed E-state index contributed by atoms with van der Waals surface area (Å²) >= 11 is 7.23. The number of anilines is 1. The van der Waals surface area contributed by atoms with Crippen LogP contribution in [0.3, 0.4) is 0 Å². The summed E-state index contributed by atoms with van der Waals surface area (Å²) in [6.07, 6.45) is 7.75. The summed E-state index contributed by atoms with van der Waals surface area (Å²) in [4.78, 5) is 12.2. The van der Waals surface area contributed by atoms with Crippen molar-refractivity contribution in [2.75, 3.05) is 11.1 Å². The van der Waals surface area contributed by atoms with E-state index in [0.29, 0.717) is 15.9 Å². The van der Waals surface area contributed by atoms with E-state index in [1.165, 1.54) is 50.3 Å². The zero-order valence-corrected chi connectivity index (χ0v) is 16.6. The van der Waals surface area contributed by atoms with Crippen LogP contribution in [0.4, 0.5) is 5.69 Å². The van der Waals surface area contributed by atoms with Gasteiger partial charge in [-0.3, -0.25) is 4.79 Å². The van der Waals surface area contributed by atoms with Crippen molar-refractivity contribution in [1.82, 2.24) is 10.2 Å². The summed E-state index contributed by atoms with van der Waals surface area (Å²) in [7, 11) is 0. The molecule has 0 spiro atoms. The minimum atomic E-state index is -0.114. The van der Waals surface area contributed by atoms with Crippen molar-refractivity contribution in [2.24, 2.45) is 17.8 Å². The molecule has 7 heteroatoms. The Morgan fingerprint density at radius 1 is 1.19 bits per heavy atom. The van der Waals surface area contributed by atoms with Crippen LogP contribution in [0.5, 0.6) is 0 Å². The molecule has 1 aromatic heterocycles. The standard InChI is InChI=1S/C20H22ClN3O2S/c21-15-2-1-3-16(7-15)22-17(25)11-27-19-24-23-18(26-19)20-8-12-4-13(9-20)6-14(5-12)10-20/h1-3,7,12-14H,4-6,8-11H2,(H,22,25). The van der Waals surface area contributed by atoms with Crippen LogP contribution in [-0.4, -0.2) is 21.9 Å². The molecule has 5 nitrogen and oxygen atoms in total. The quantitative estimate of drug-likeness (QED) is 0.717. The average Bonchev–Trinajstić information content (AvgIpc) is 3.09. The Morgan fingerprint density at radius 2 is 1.89 bits per heavy atom. The minimum absolute atomic E-state index is 0.101. The summed E-state index contributed by atoms with van der Waals surface area (Å²) < 4.78 is 6.03. The summed E-state index contributed by atoms with van der Waals surface area (Å²) in [6, 6.07) is 7.12. The van der Waals surface area contributed by atoms with Gasteiger partial charge in [0.2, 0.25) is 11.8 Å². The van der Waals surface area contributed by atoms with Gasteiger partial charge in [0.15, 0.2) is 0 Å². The molecule has 0 atom stereocenters. The lowest BCUT2D eigenvalue weighted by Crippen LogP contribution is -2.48. The van der Waals surface area contributed by atoms with Gasteiger partial charge in [0.1, 0.15) is 0 Å². The van der Waals surface area contributed by atoms with E-state index in [2.05, 4.69) is 15.5 Å². The van der Waals surface area contributed by atoms with E-state index in [4.69, 9.17) is 16.0 Å². The number of hydrogen-bond acceptors (Lipinski definition) is 5. The van der Waals surface area contributed by atoms with Crippen molar-refractivity contribution in [2.45, 2.75) is 49.2 Å². The van der Waals surface area contributed by atoms with E-state index in [9.17, 15) is 4.79 Å². The molecule has 4 bridgehead atoms. The van der Waals surface area contributed by atoms with Gasteiger partial charge in [-0.1, -0.05) is 29.4 Å². The van der Waals surface area contributed by atoms with E-state index in [1.807, 2.05) is 6.07 Å². The van der Waals surface area contributed by atoms with Gasteiger partial charge in [-0.25, -0.2) is 0 Å². The number of aromatic nitrogens is 2. The first-order valence-electron chi connectivity index (χ1n) is 9.60. The molecule has 6 rings (SSSR count). The molecule has 0 aliphatic heterocycles. The summed E-state index contributed by atoms with van der Waals surface area (Å²) in [5.74, 6) is 3.43. The molecule has 142 valence electrons. The molecule has 0 radical (unpaired) electrons. The van der Waals surface area contributed by atoms with Crippen LogP contribution in [-0.2, 0) is 10.2 Å². The van der Waals surface area contributed by atoms with Crippen molar-refractivity contribution in [3.05, 3.63) is 35.2 Å². The number of rotatable bonds is 5. The second-order valence-corrected chi connectivity index (χ2v) is 9.78. The Hall–Kier alpha value is -1.53. The van der Waals surface area contributed by atoms with Crippen molar-refractivity contribution in [3.8, 4) is 0 Å². The van der Waals surface area contributed by atoms with E-state index in [1.54, 1.807) is 18.2 Å². The highest BCUT2D eigenvalue weighted by Crippen LogP contribution is 2.60. The van der Waals surface area contributed by atoms with Crippen LogP contribution in [0, 0.1) is 17.8 Å². The number of amides is 1. The van der Waals surface area contributed by atoms with E-state index in [0.717, 1.165) is 23.6 Å². The van der Waals surface area contributed by atoms with E-state index < -0.39 is 0 Å². The molecular formula is C20H22ClN3O2S. The molecule has 1 aromatic carbocycles. The predicted octanol–water partition coefficient (Wildman–Crippen LogP) is 4.92. The minimum Gasteiger partial charge on any atom is -0.415 e. The van der Waals surface area contributed by atoms with E-state index >= 15 is 0 Å². The van der Waals surface area contributed by atoms with E-state index in [-0.39, 0.29) is 17.1 Å². The molecule has 1 amide bonds. The molecule has 1 heterocycles. The van der Waals surface area contributed by atoms with Crippen LogP contribution in [0.25, 0.3) is 0 Å². The second-order valence-electron chi connectivity index (χ2n) is 8.42. The SMILES string of the molecule is O=C(CSc1nnc(C23CC4CC(CC(C4)C2)C3)o1)Nc1cccc(Cl)c1. The third-order valence-corrected chi connectivity index (χ3v) is 7.39. The van der Waals surface area contributed by atoms with Crippen LogP contribution in [0.1, 0.15) is 44.4 Å². The van der Waals surface area contributed by atoms with Gasteiger partial charge in [0.05, 0.1) is 5.75 Å². The molecule has 1 N–H and O–H groups in total. The zero-order valence-electron chi connectivity index (χ0n) is 15.0. The highest BCUT2D eigenvalue weighted by Gasteiger charge is 2.54. The lowest BCUT2D eigenvalue weighted by atomic mass is 9.49. The number of carbonyl (C=O) groups is 1. The third-order valence-electron chi connectivity index (χ3n) is 6.33. The molecule has 4 saturated carbocycles. The van der Waals surface area contributed by atoms with Gasteiger partial charge in [-0.05, 0) is 74.5 Å². The van der Waals surface area contributed by atoms with Gasteiger partial charge in [0.25, 0.3) is 5.22 Å². The van der Waals surface area contributed by atoms with Gasteiger partial charge in [0, 0.05) is 16.1 Å². The molecule has 2 aromatic rings. The number of halogens is 1. The van der Waals surface area contributed by atoms with Gasteiger partial charge in [-0.2, -0.15) is 0 Å². The molecule has 0 unspecified atom stereocenters. The van der Waals surface area contributed by atoms with Crippen LogP contribution in [0.2, 0.25) is 5.02 Å². The molecule has 4 fully saturated rings. The molecule has 4 aliphatic rings. The fourth-order valence-electron chi connectivity index (χ4n) is 5.75. The first-order chi connectivity index (χ1) is 13.1. The molecule has 27 heavy (non-hydrogen) atoms. The van der Waals surface area contributed by atoms with Crippen molar-refractivity contribution in [1.29, 1.82) is 0 Å². The number of thioether (sulfide) groups is 1. The lowest BCUT2D eigenvalue weighted by Gasteiger charge is -2.55. The highest BCUT2D eigenvalue weighted by molar-refractivity contribution is 7.99. The predicted molar refractivity (Wildman–Crippen MR) is 105 cm³/mol. The first kappa shape index (κ1) is 17.6. The third kappa shape index (κ3) is 3.49. The normalized spacial score (nSPS) is 31.2. The molecular weight excluding hydrogens is 382 g/mol. The van der Waals surface area contributed by atoms with Gasteiger partial charge < -0.3 is 9.73 Å². The molecule has 4 aliphatic carbocycles. The number of benzene rings is 1. The number of nitrogens with zero attached hydrogens (tertiary/aromatic N) is 2. The Morgan fingerprint density at radius 3 is 2.56 bits per heavy atom. The van der Waals surface area contributed by atoms with Crippen molar-refractivity contribution < 1.29 is 9.21 Å². The maximum Gasteiger partial charge on any atom is 0.277 e. The fraction of sp³-hybridized carbons (Fsp3) is 0.550. The van der Waals surface area contributed by atoms with Crippen LogP contribution >= 0.6 is 23.4 Å². The van der Waals surface area contributed by atoms with Gasteiger partial charge >= 0.3 is 0 Å². The monoisotopic (exact) mass is 403 g/mol. The van der Waals surface area contributed by atoms with Crippen LogP contribution < -0.4 is 5.32 Å². The average molecular weight is 404 g/mol. The summed E-state index contributed by atoms with van der Waals surface area (Å²) in [5, 5.41) is 12.5. The van der Waals surface area contributed by atoms with Gasteiger partial charge in [-0.15, -0.1) is 10.2 Å². The smallest absolute Gasteiger partial charge is 0.277 e. The number of hydrogen-bond donors (Lipinski definition) is 1. The van der Waals surface area contributed by atoms with Crippen molar-refractivity contribution >= 4 is 35.0 Å². The number of carbonyl (C=O) groups excluding carboxylic acids is 1.